The first-order chi connectivity index (χ1) is 3.85. The highest BCUT2D eigenvalue weighted by molar-refractivity contribution is 7.59. The molecule has 0 aliphatic rings. The van der Waals surface area contributed by atoms with Crippen molar-refractivity contribution < 1.29 is 0 Å². The van der Waals surface area contributed by atoms with Crippen LogP contribution in [-0.2, 0) is 0 Å². The van der Waals surface area contributed by atoms with Crippen molar-refractivity contribution in [3.05, 3.63) is 0 Å². The van der Waals surface area contributed by atoms with Gasteiger partial charge in [0.15, 0.2) is 0 Å². The molecule has 0 amide bonds. The van der Waals surface area contributed by atoms with Crippen molar-refractivity contribution in [3.63, 3.8) is 0 Å². The van der Waals surface area contributed by atoms with E-state index < -0.39 is 0 Å². The van der Waals surface area contributed by atoms with Gasteiger partial charge >= 0.3 is 0 Å². The van der Waals surface area contributed by atoms with Gasteiger partial charge in [0.25, 0.3) is 0 Å². The lowest BCUT2D eigenvalue weighted by Crippen LogP contribution is -2.15. The third-order valence-electron chi connectivity index (χ3n) is 1.83. The van der Waals surface area contributed by atoms with E-state index in [4.69, 9.17) is 0 Å². The Hall–Kier alpha value is 0.430. The van der Waals surface area contributed by atoms with Gasteiger partial charge in [-0.15, -0.1) is 7.92 Å². The van der Waals surface area contributed by atoms with Crippen LogP contribution in [0.3, 0.4) is 0 Å². The van der Waals surface area contributed by atoms with E-state index in [0.29, 0.717) is 5.16 Å². The van der Waals surface area contributed by atoms with Crippen molar-refractivity contribution in [2.75, 3.05) is 6.66 Å². The highest BCUT2D eigenvalue weighted by Gasteiger charge is 2.21. The molecule has 1 atom stereocenters. The molecule has 0 nitrogen and oxygen atoms in total. The monoisotopic (exact) mass is 146 g/mol. The van der Waals surface area contributed by atoms with Gasteiger partial charge in [-0.2, -0.15) is 0 Å². The van der Waals surface area contributed by atoms with Crippen LogP contribution in [-0.4, -0.2) is 17.5 Å². The molecule has 0 aromatic rings. The lowest BCUT2D eigenvalue weighted by Gasteiger charge is -2.31. The van der Waals surface area contributed by atoms with E-state index in [9.17, 15) is 0 Å². The van der Waals surface area contributed by atoms with Crippen LogP contribution in [0, 0.1) is 0 Å². The topological polar surface area (TPSA) is 0 Å². The number of rotatable bonds is 1. The summed E-state index contributed by atoms with van der Waals surface area (Å²) in [6, 6.07) is 0. The van der Waals surface area contributed by atoms with E-state index in [1.165, 1.54) is 0 Å². The van der Waals surface area contributed by atoms with Gasteiger partial charge in [-0.1, -0.05) is 34.6 Å². The van der Waals surface area contributed by atoms with E-state index in [0.717, 1.165) is 5.66 Å². The maximum atomic E-state index is 2.39. The van der Waals surface area contributed by atoms with Gasteiger partial charge in [-0.05, 0) is 17.5 Å². The van der Waals surface area contributed by atoms with Crippen LogP contribution in [0.2, 0.25) is 0 Å². The largest absolute Gasteiger partial charge is 0.102 e. The van der Waals surface area contributed by atoms with Crippen molar-refractivity contribution in [2.45, 2.75) is 45.4 Å². The summed E-state index contributed by atoms with van der Waals surface area (Å²) in [5.74, 6) is 0. The smallest absolute Gasteiger partial charge is 0.0179 e. The Labute approximate surface area is 60.8 Å². The maximum absolute atomic E-state index is 2.39. The lowest BCUT2D eigenvalue weighted by molar-refractivity contribution is 0.773. The summed E-state index contributed by atoms with van der Waals surface area (Å²) in [7, 11) is 0.219. The van der Waals surface area contributed by atoms with Gasteiger partial charge in [0, 0.05) is 0 Å². The Morgan fingerprint density at radius 1 is 1.11 bits per heavy atom. The lowest BCUT2D eigenvalue weighted by atomic mass is 10.3. The Morgan fingerprint density at radius 2 is 1.44 bits per heavy atom. The van der Waals surface area contributed by atoms with Crippen molar-refractivity contribution >= 4 is 7.92 Å². The van der Waals surface area contributed by atoms with Crippen LogP contribution < -0.4 is 0 Å². The quantitative estimate of drug-likeness (QED) is 0.498. The summed E-state index contributed by atoms with van der Waals surface area (Å²) in [5.41, 5.74) is 0.875. The molecule has 0 aliphatic heterocycles. The zero-order chi connectivity index (χ0) is 7.65. The van der Waals surface area contributed by atoms with Crippen LogP contribution in [0.4, 0.5) is 0 Å². The van der Waals surface area contributed by atoms with Crippen LogP contribution in [0.5, 0.6) is 0 Å². The fourth-order valence-corrected chi connectivity index (χ4v) is 2.32. The van der Waals surface area contributed by atoms with E-state index >= 15 is 0 Å². The van der Waals surface area contributed by atoms with E-state index in [1.807, 2.05) is 0 Å². The number of hydrogen-bond acceptors (Lipinski definition) is 0. The highest BCUT2D eigenvalue weighted by Crippen LogP contribution is 2.49. The summed E-state index contributed by atoms with van der Waals surface area (Å²) in [6.07, 6.45) is 0. The second-order valence-electron chi connectivity index (χ2n) is 3.88. The molecule has 0 N–H and O–H groups in total. The van der Waals surface area contributed by atoms with Gasteiger partial charge in [-0.25, -0.2) is 0 Å². The predicted molar refractivity (Wildman–Crippen MR) is 47.7 cm³/mol. The van der Waals surface area contributed by atoms with Crippen molar-refractivity contribution in [3.8, 4) is 0 Å². The molecule has 1 heteroatoms. The minimum atomic E-state index is 0.219. The van der Waals surface area contributed by atoms with E-state index in [1.54, 1.807) is 0 Å². The van der Waals surface area contributed by atoms with Gasteiger partial charge in [-0.3, -0.25) is 0 Å². The standard InChI is InChI=1S/C8H19P/c1-7(2)9(6)8(3,4)5/h7H,1-6H3. The van der Waals surface area contributed by atoms with Crippen LogP contribution in [0.15, 0.2) is 0 Å². The first kappa shape index (κ1) is 9.43. The molecule has 56 valence electrons. The number of hydrogen-bond donors (Lipinski definition) is 0. The van der Waals surface area contributed by atoms with Gasteiger partial charge in [0.2, 0.25) is 0 Å². The first-order valence-corrected chi connectivity index (χ1v) is 5.44. The zero-order valence-corrected chi connectivity index (χ0v) is 8.42. The molecule has 0 saturated heterocycles. The third kappa shape index (κ3) is 3.20. The second kappa shape index (κ2) is 3.01. The molecule has 0 saturated carbocycles. The normalized spacial score (nSPS) is 16.3. The SMILES string of the molecule is CC(C)P(C)C(C)(C)C. The molecular formula is C8H19P. The molecule has 0 aromatic heterocycles. The average molecular weight is 146 g/mol. The summed E-state index contributed by atoms with van der Waals surface area (Å²) in [5, 5.41) is 0.545. The molecule has 0 bridgehead atoms. The summed E-state index contributed by atoms with van der Waals surface area (Å²) < 4.78 is 0. The molecular weight excluding hydrogens is 127 g/mol. The van der Waals surface area contributed by atoms with Crippen molar-refractivity contribution in [1.82, 2.24) is 0 Å². The van der Waals surface area contributed by atoms with E-state index in [-0.39, 0.29) is 7.92 Å². The molecule has 0 heterocycles. The average Bonchev–Trinajstić information content (AvgIpc) is 1.62. The summed E-state index contributed by atoms with van der Waals surface area (Å²) in [6.45, 7) is 14.0. The molecule has 0 spiro atoms. The highest BCUT2D eigenvalue weighted by atomic mass is 31.1. The molecule has 0 aliphatic carbocycles. The fourth-order valence-electron chi connectivity index (χ4n) is 0.775. The first-order valence-electron chi connectivity index (χ1n) is 3.58. The Balaban J connectivity index is 3.88. The molecule has 9 heavy (non-hydrogen) atoms. The predicted octanol–water partition coefficient (Wildman–Crippen LogP) is 3.31. The Morgan fingerprint density at radius 3 is 1.44 bits per heavy atom. The molecule has 1 unspecified atom stereocenters. The molecule has 0 radical (unpaired) electrons. The van der Waals surface area contributed by atoms with Crippen molar-refractivity contribution in [1.29, 1.82) is 0 Å². The van der Waals surface area contributed by atoms with Crippen LogP contribution in [0.1, 0.15) is 34.6 Å². The van der Waals surface area contributed by atoms with Gasteiger partial charge in [0.1, 0.15) is 0 Å². The third-order valence-corrected chi connectivity index (χ3v) is 5.50. The zero-order valence-electron chi connectivity index (χ0n) is 7.52. The Bertz CT molecular complexity index is 79.1. The second-order valence-corrected chi connectivity index (χ2v) is 7.47. The van der Waals surface area contributed by atoms with Gasteiger partial charge in [0.05, 0.1) is 0 Å². The van der Waals surface area contributed by atoms with Gasteiger partial charge < -0.3 is 0 Å². The van der Waals surface area contributed by atoms with Crippen LogP contribution in [0.25, 0.3) is 0 Å². The minimum Gasteiger partial charge on any atom is -0.102 e. The molecule has 0 aromatic carbocycles. The summed E-state index contributed by atoms with van der Waals surface area (Å²) in [4.78, 5) is 0. The molecule has 0 rings (SSSR count). The van der Waals surface area contributed by atoms with Crippen LogP contribution >= 0.6 is 7.92 Å². The van der Waals surface area contributed by atoms with Crippen molar-refractivity contribution in [2.24, 2.45) is 0 Å². The Kier molecular flexibility index (Phi) is 3.16. The maximum Gasteiger partial charge on any atom is -0.0179 e. The summed E-state index contributed by atoms with van der Waals surface area (Å²) >= 11 is 0. The van der Waals surface area contributed by atoms with E-state index in [2.05, 4.69) is 41.3 Å². The molecule has 0 fully saturated rings. The fraction of sp³-hybridized carbons (Fsp3) is 1.00. The minimum absolute atomic E-state index is 0.219.